The molecule has 0 aromatic heterocycles. The molecule has 0 bridgehead atoms. The minimum Gasteiger partial charge on any atom is -0.462 e. The molecule has 0 aliphatic heterocycles. The Bertz CT molecular complexity index is 2130. The summed E-state index contributed by atoms with van der Waals surface area (Å²) >= 11 is 0. The molecule has 3 N–H and O–H groups in total. The molecule has 0 aromatic carbocycles. The van der Waals surface area contributed by atoms with Crippen LogP contribution in [-0.4, -0.2) is 96.7 Å². The molecule has 19 heteroatoms. The summed E-state index contributed by atoms with van der Waals surface area (Å²) in [6.45, 7) is 12.0. The van der Waals surface area contributed by atoms with Gasteiger partial charge in [-0.3, -0.25) is 37.3 Å². The fourth-order valence-electron chi connectivity index (χ4n) is 14.4. The molecule has 0 amide bonds. The third kappa shape index (κ3) is 84.3. The highest BCUT2D eigenvalue weighted by Gasteiger charge is 2.31. The van der Waals surface area contributed by atoms with Crippen LogP contribution in [0.2, 0.25) is 0 Å². The van der Waals surface area contributed by atoms with Crippen molar-refractivity contribution in [1.82, 2.24) is 0 Å². The van der Waals surface area contributed by atoms with Crippen molar-refractivity contribution in [2.24, 2.45) is 17.8 Å². The number of carbonyl (C=O) groups is 4. The summed E-state index contributed by atoms with van der Waals surface area (Å²) in [5.41, 5.74) is 0. The van der Waals surface area contributed by atoms with Gasteiger partial charge in [-0.1, -0.05) is 440 Å². The molecule has 0 aliphatic rings. The summed E-state index contributed by atoms with van der Waals surface area (Å²) in [7, 11) is -9.94. The second-order valence-electron chi connectivity index (χ2n) is 34.2. The first-order valence-electron chi connectivity index (χ1n) is 47.4. The van der Waals surface area contributed by atoms with Crippen molar-refractivity contribution in [3.8, 4) is 0 Å². The maximum atomic E-state index is 13.2. The van der Waals surface area contributed by atoms with E-state index in [0.717, 1.165) is 108 Å². The van der Waals surface area contributed by atoms with Crippen LogP contribution in [0.1, 0.15) is 492 Å². The van der Waals surface area contributed by atoms with E-state index in [9.17, 15) is 43.2 Å². The number of esters is 4. The summed E-state index contributed by atoms with van der Waals surface area (Å²) in [5.74, 6) is 0.258. The van der Waals surface area contributed by atoms with Crippen LogP contribution in [0.25, 0.3) is 0 Å². The average Bonchev–Trinajstić information content (AvgIpc) is 0.898. The van der Waals surface area contributed by atoms with E-state index < -0.39 is 97.5 Å². The smallest absolute Gasteiger partial charge is 0.462 e. The van der Waals surface area contributed by atoms with E-state index in [1.54, 1.807) is 0 Å². The Morgan fingerprint density at radius 3 is 0.685 bits per heavy atom. The second-order valence-corrected chi connectivity index (χ2v) is 37.2. The Balaban J connectivity index is 5.19. The molecule has 0 rings (SSSR count). The highest BCUT2D eigenvalue weighted by molar-refractivity contribution is 7.47. The van der Waals surface area contributed by atoms with Gasteiger partial charge >= 0.3 is 39.5 Å². The number of rotatable bonds is 90. The Labute approximate surface area is 683 Å². The third-order valence-corrected chi connectivity index (χ3v) is 23.9. The molecule has 6 atom stereocenters. The molecule has 0 heterocycles. The van der Waals surface area contributed by atoms with E-state index in [4.69, 9.17) is 37.0 Å². The fourth-order valence-corrected chi connectivity index (χ4v) is 16.0. The predicted molar refractivity (Wildman–Crippen MR) is 460 cm³/mol. The van der Waals surface area contributed by atoms with Crippen LogP contribution in [0.4, 0.5) is 0 Å². The third-order valence-electron chi connectivity index (χ3n) is 22.0. The number of aliphatic hydroxyl groups excluding tert-OH is 1. The first-order chi connectivity index (χ1) is 53.8. The number of aliphatic hydroxyl groups is 1. The minimum absolute atomic E-state index is 0.107. The van der Waals surface area contributed by atoms with Gasteiger partial charge in [-0.2, -0.15) is 0 Å². The van der Waals surface area contributed by atoms with E-state index in [1.165, 1.54) is 295 Å². The molecule has 0 saturated carbocycles. The fraction of sp³-hybridized carbons (Fsp3) is 0.957. The van der Waals surface area contributed by atoms with Crippen LogP contribution in [0.15, 0.2) is 0 Å². The normalized spacial score (nSPS) is 14.0. The molecule has 0 fully saturated rings. The molecule has 0 spiro atoms. The van der Waals surface area contributed by atoms with Crippen molar-refractivity contribution in [1.29, 1.82) is 0 Å². The van der Waals surface area contributed by atoms with Crippen LogP contribution >= 0.6 is 15.6 Å². The van der Waals surface area contributed by atoms with Gasteiger partial charge in [0.2, 0.25) is 0 Å². The quantitative estimate of drug-likeness (QED) is 0.0222. The first-order valence-corrected chi connectivity index (χ1v) is 50.4. The van der Waals surface area contributed by atoms with Gasteiger partial charge in [-0.15, -0.1) is 0 Å². The van der Waals surface area contributed by atoms with Gasteiger partial charge in [0.25, 0.3) is 0 Å². The molecular weight excluding hydrogens is 1440 g/mol. The zero-order chi connectivity index (χ0) is 81.5. The first kappa shape index (κ1) is 109. The molecule has 17 nitrogen and oxygen atoms in total. The zero-order valence-corrected chi connectivity index (χ0v) is 75.2. The van der Waals surface area contributed by atoms with E-state index in [-0.39, 0.29) is 25.7 Å². The van der Waals surface area contributed by atoms with E-state index in [2.05, 4.69) is 48.5 Å². The van der Waals surface area contributed by atoms with Gasteiger partial charge in [0.05, 0.1) is 26.4 Å². The van der Waals surface area contributed by atoms with Crippen LogP contribution in [0, 0.1) is 17.8 Å². The Morgan fingerprint density at radius 1 is 0.261 bits per heavy atom. The van der Waals surface area contributed by atoms with Gasteiger partial charge in [-0.25, -0.2) is 9.13 Å². The summed E-state index contributed by atoms with van der Waals surface area (Å²) in [6, 6.07) is 0. The number of carbonyl (C=O) groups excluding carboxylic acids is 4. The maximum Gasteiger partial charge on any atom is 0.472 e. The number of ether oxygens (including phenoxy) is 4. The van der Waals surface area contributed by atoms with Crippen molar-refractivity contribution in [2.75, 3.05) is 39.6 Å². The lowest BCUT2D eigenvalue weighted by molar-refractivity contribution is -0.161. The van der Waals surface area contributed by atoms with Crippen molar-refractivity contribution in [3.63, 3.8) is 0 Å². The number of phosphoric ester groups is 2. The van der Waals surface area contributed by atoms with Gasteiger partial charge in [0.15, 0.2) is 12.2 Å². The lowest BCUT2D eigenvalue weighted by atomic mass is 9.99. The molecule has 0 aliphatic carbocycles. The summed E-state index contributed by atoms with van der Waals surface area (Å²) in [4.78, 5) is 73.4. The Hall–Kier alpha value is -1.94. The number of unbranched alkanes of at least 4 members (excludes halogenated alkanes) is 57. The largest absolute Gasteiger partial charge is 0.472 e. The molecule has 111 heavy (non-hydrogen) atoms. The maximum absolute atomic E-state index is 13.2. The molecule has 0 aromatic rings. The van der Waals surface area contributed by atoms with Crippen molar-refractivity contribution in [3.05, 3.63) is 0 Å². The highest BCUT2D eigenvalue weighted by Crippen LogP contribution is 2.45. The van der Waals surface area contributed by atoms with Crippen LogP contribution in [0.5, 0.6) is 0 Å². The Morgan fingerprint density at radius 2 is 0.459 bits per heavy atom. The summed E-state index contributed by atoms with van der Waals surface area (Å²) in [5, 5.41) is 10.7. The SMILES string of the molecule is CCCCCCCCCCCCCCCCCCCCCCCC(=O)OC[C@H](COP(=O)(O)OC[C@@H](O)COP(=O)(O)OC[C@@H](COC(=O)CCCCCCCCC(C)C)OC(=O)CCCCCCCCCCCCCCCCCCC(C)C)OC(=O)CCCCCCCCCCCCCCCCCCCCC(C)CC. The molecular formula is C92H180O17P2. The minimum atomic E-state index is -4.97. The Kier molecular flexibility index (Phi) is 80.4. The topological polar surface area (TPSA) is 237 Å². The van der Waals surface area contributed by atoms with E-state index in [0.29, 0.717) is 31.6 Å². The average molecular weight is 1620 g/mol. The molecule has 0 radical (unpaired) electrons. The number of phosphoric acid groups is 2. The van der Waals surface area contributed by atoms with Crippen LogP contribution in [-0.2, 0) is 65.4 Å². The summed E-state index contributed by atoms with van der Waals surface area (Å²) in [6.07, 6.45) is 75.4. The van der Waals surface area contributed by atoms with E-state index >= 15 is 0 Å². The van der Waals surface area contributed by atoms with Crippen LogP contribution in [0.3, 0.4) is 0 Å². The second kappa shape index (κ2) is 81.8. The number of hydrogen-bond donors (Lipinski definition) is 3. The standard InChI is InChI=1S/C92H180O17P2/c1-8-10-11-12-13-14-15-16-17-18-19-20-21-25-31-36-41-46-51-59-66-73-89(94)102-79-87(108-91(96)75-68-61-52-47-42-37-32-26-23-22-24-30-35-40-45-50-58-65-72-85(7)9-2)81-106-110(98,99)104-77-86(93)78-105-111(100,101)107-82-88(80-103-90(95)74-67-60-55-54-57-64-71-84(5)6)109-92(97)76-69-62-53-48-43-38-33-28-27-29-34-39-44-49-56-63-70-83(3)4/h83-88,93H,8-82H2,1-7H3,(H,98,99)(H,100,101)/t85?,86-,87-,88-/m1/s1. The molecule has 0 saturated heterocycles. The van der Waals surface area contributed by atoms with Crippen molar-refractivity contribution < 1.29 is 80.2 Å². The lowest BCUT2D eigenvalue weighted by Gasteiger charge is -2.21. The van der Waals surface area contributed by atoms with Gasteiger partial charge in [0.1, 0.15) is 19.3 Å². The highest BCUT2D eigenvalue weighted by atomic mass is 31.2. The van der Waals surface area contributed by atoms with Gasteiger partial charge in [-0.05, 0) is 43.4 Å². The monoisotopic (exact) mass is 1620 g/mol. The predicted octanol–water partition coefficient (Wildman–Crippen LogP) is 28.4. The van der Waals surface area contributed by atoms with Crippen LogP contribution < -0.4 is 0 Å². The van der Waals surface area contributed by atoms with E-state index in [1.807, 2.05) is 0 Å². The molecule has 3 unspecified atom stereocenters. The lowest BCUT2D eigenvalue weighted by Crippen LogP contribution is -2.30. The molecule has 660 valence electrons. The summed E-state index contributed by atoms with van der Waals surface area (Å²) < 4.78 is 69.0. The van der Waals surface area contributed by atoms with Crippen molar-refractivity contribution in [2.45, 2.75) is 510 Å². The zero-order valence-electron chi connectivity index (χ0n) is 73.4. The van der Waals surface area contributed by atoms with Gasteiger partial charge in [0, 0.05) is 25.7 Å². The van der Waals surface area contributed by atoms with Crippen molar-refractivity contribution >= 4 is 39.5 Å². The van der Waals surface area contributed by atoms with Gasteiger partial charge < -0.3 is 33.8 Å². The number of hydrogen-bond acceptors (Lipinski definition) is 15.